The number of fused-ring (bicyclic) bond motifs is 1. The summed E-state index contributed by atoms with van der Waals surface area (Å²) in [6.45, 7) is 0. The monoisotopic (exact) mass is 286 g/mol. The van der Waals surface area contributed by atoms with E-state index < -0.39 is 0 Å². The third kappa shape index (κ3) is 2.35. The number of aryl methyl sites for hydroxylation is 1. The smallest absolute Gasteiger partial charge is 0.123 e. The predicted octanol–water partition coefficient (Wildman–Crippen LogP) is 4.45. The Balaban J connectivity index is 1.84. The van der Waals surface area contributed by atoms with E-state index in [1.807, 2.05) is 18.2 Å². The Morgan fingerprint density at radius 2 is 2.10 bits per heavy atom. The summed E-state index contributed by atoms with van der Waals surface area (Å²) in [5.74, 6) is -0.189. The minimum atomic E-state index is -0.189. The lowest BCUT2D eigenvalue weighted by molar-refractivity contribution is 0.626. The molecule has 1 unspecified atom stereocenters. The Bertz CT molecular complexity index is 706. The van der Waals surface area contributed by atoms with Crippen LogP contribution >= 0.6 is 11.6 Å². The van der Waals surface area contributed by atoms with Gasteiger partial charge in [-0.1, -0.05) is 17.7 Å². The highest BCUT2D eigenvalue weighted by molar-refractivity contribution is 6.32. The molecule has 1 aliphatic rings. The van der Waals surface area contributed by atoms with Crippen LogP contribution in [-0.2, 0) is 6.42 Å². The average molecular weight is 287 g/mol. The van der Waals surface area contributed by atoms with Crippen molar-refractivity contribution in [2.24, 2.45) is 0 Å². The van der Waals surface area contributed by atoms with Crippen LogP contribution in [0.2, 0.25) is 5.02 Å². The molecule has 2 nitrogen and oxygen atoms in total. The van der Waals surface area contributed by atoms with Crippen molar-refractivity contribution in [3.05, 3.63) is 63.9 Å². The normalized spacial score (nSPS) is 16.6. The fourth-order valence-corrected chi connectivity index (χ4v) is 2.86. The van der Waals surface area contributed by atoms with E-state index >= 15 is 0 Å². The lowest BCUT2D eigenvalue weighted by Crippen LogP contribution is -2.07. The van der Waals surface area contributed by atoms with Gasteiger partial charge in [-0.05, 0) is 54.3 Å². The summed E-state index contributed by atoms with van der Waals surface area (Å²) in [6.07, 6.45) is 1.80. The molecule has 0 aromatic heterocycles. The molecule has 3 rings (SSSR count). The fraction of sp³-hybridized carbons (Fsp3) is 0.188. The number of anilines is 1. The fourth-order valence-electron chi connectivity index (χ4n) is 2.63. The standard InChI is InChI=1S/C16H12ClFN2/c17-15-8-13(4-1-11(15)9-19)20-16-6-2-10-7-12(18)3-5-14(10)16/h1,3-5,7-8,16,20H,2,6H2. The summed E-state index contributed by atoms with van der Waals surface area (Å²) in [5, 5.41) is 12.7. The lowest BCUT2D eigenvalue weighted by Gasteiger charge is -2.16. The van der Waals surface area contributed by atoms with Crippen molar-refractivity contribution in [1.29, 1.82) is 5.26 Å². The van der Waals surface area contributed by atoms with Crippen LogP contribution in [-0.4, -0.2) is 0 Å². The highest BCUT2D eigenvalue weighted by atomic mass is 35.5. The van der Waals surface area contributed by atoms with Crippen molar-refractivity contribution in [3.63, 3.8) is 0 Å². The van der Waals surface area contributed by atoms with Gasteiger partial charge in [0.2, 0.25) is 0 Å². The number of hydrogen-bond donors (Lipinski definition) is 1. The molecule has 1 aliphatic carbocycles. The van der Waals surface area contributed by atoms with Crippen LogP contribution in [0.1, 0.15) is 29.2 Å². The van der Waals surface area contributed by atoms with Gasteiger partial charge in [-0.25, -0.2) is 4.39 Å². The van der Waals surface area contributed by atoms with Crippen molar-refractivity contribution in [1.82, 2.24) is 0 Å². The SMILES string of the molecule is N#Cc1ccc(NC2CCc3cc(F)ccc32)cc1Cl. The number of nitriles is 1. The van der Waals surface area contributed by atoms with Gasteiger partial charge in [-0.2, -0.15) is 5.26 Å². The van der Waals surface area contributed by atoms with Gasteiger partial charge in [0.25, 0.3) is 0 Å². The molecule has 0 saturated heterocycles. The van der Waals surface area contributed by atoms with Gasteiger partial charge in [-0.15, -0.1) is 0 Å². The number of nitrogens with zero attached hydrogens (tertiary/aromatic N) is 1. The predicted molar refractivity (Wildman–Crippen MR) is 77.3 cm³/mol. The van der Waals surface area contributed by atoms with Crippen LogP contribution in [0, 0.1) is 17.1 Å². The maximum Gasteiger partial charge on any atom is 0.123 e. The molecule has 2 aromatic carbocycles. The Kier molecular flexibility index (Phi) is 3.33. The molecule has 2 aromatic rings. The molecule has 0 fully saturated rings. The van der Waals surface area contributed by atoms with Gasteiger partial charge >= 0.3 is 0 Å². The summed E-state index contributed by atoms with van der Waals surface area (Å²) in [7, 11) is 0. The topological polar surface area (TPSA) is 35.8 Å². The second kappa shape index (κ2) is 5.15. The number of nitrogens with one attached hydrogen (secondary N) is 1. The molecular formula is C16H12ClFN2. The van der Waals surface area contributed by atoms with Crippen molar-refractivity contribution in [3.8, 4) is 6.07 Å². The third-order valence-corrected chi connectivity index (χ3v) is 3.93. The first-order valence-electron chi connectivity index (χ1n) is 6.42. The first kappa shape index (κ1) is 13.0. The molecule has 0 saturated carbocycles. The summed E-state index contributed by atoms with van der Waals surface area (Å²) in [4.78, 5) is 0. The number of hydrogen-bond acceptors (Lipinski definition) is 2. The second-order valence-electron chi connectivity index (χ2n) is 4.89. The van der Waals surface area contributed by atoms with Crippen LogP contribution in [0.3, 0.4) is 0 Å². The molecule has 0 bridgehead atoms. The van der Waals surface area contributed by atoms with E-state index in [1.54, 1.807) is 18.2 Å². The third-order valence-electron chi connectivity index (χ3n) is 3.61. The minimum Gasteiger partial charge on any atom is -0.378 e. The van der Waals surface area contributed by atoms with E-state index in [4.69, 9.17) is 16.9 Å². The molecule has 0 heterocycles. The molecular weight excluding hydrogens is 275 g/mol. The lowest BCUT2D eigenvalue weighted by atomic mass is 10.1. The maximum absolute atomic E-state index is 13.2. The van der Waals surface area contributed by atoms with Gasteiger partial charge in [0.1, 0.15) is 11.9 Å². The van der Waals surface area contributed by atoms with E-state index in [-0.39, 0.29) is 11.9 Å². The van der Waals surface area contributed by atoms with Gasteiger partial charge in [-0.3, -0.25) is 0 Å². The molecule has 1 atom stereocenters. The summed E-state index contributed by atoms with van der Waals surface area (Å²) in [6, 6.07) is 12.4. The zero-order chi connectivity index (χ0) is 14.1. The van der Waals surface area contributed by atoms with E-state index in [1.165, 1.54) is 6.07 Å². The summed E-state index contributed by atoms with van der Waals surface area (Å²) >= 11 is 6.02. The number of halogens is 2. The van der Waals surface area contributed by atoms with E-state index in [2.05, 4.69) is 5.32 Å². The van der Waals surface area contributed by atoms with Crippen LogP contribution in [0.15, 0.2) is 36.4 Å². The van der Waals surface area contributed by atoms with E-state index in [9.17, 15) is 4.39 Å². The van der Waals surface area contributed by atoms with E-state index in [0.29, 0.717) is 10.6 Å². The molecule has 4 heteroatoms. The summed E-state index contributed by atoms with van der Waals surface area (Å²) in [5.41, 5.74) is 3.52. The minimum absolute atomic E-state index is 0.162. The Morgan fingerprint density at radius 3 is 2.85 bits per heavy atom. The second-order valence-corrected chi connectivity index (χ2v) is 5.29. The van der Waals surface area contributed by atoms with Crippen molar-refractivity contribution in [2.75, 3.05) is 5.32 Å². The molecule has 0 aliphatic heterocycles. The first-order chi connectivity index (χ1) is 9.67. The number of rotatable bonds is 2. The van der Waals surface area contributed by atoms with Crippen LogP contribution in [0.25, 0.3) is 0 Å². The van der Waals surface area contributed by atoms with Crippen LogP contribution in [0.4, 0.5) is 10.1 Å². The van der Waals surface area contributed by atoms with Crippen LogP contribution < -0.4 is 5.32 Å². The highest BCUT2D eigenvalue weighted by Gasteiger charge is 2.22. The zero-order valence-corrected chi connectivity index (χ0v) is 11.4. The molecule has 0 amide bonds. The van der Waals surface area contributed by atoms with Gasteiger partial charge < -0.3 is 5.32 Å². The maximum atomic E-state index is 13.2. The molecule has 0 radical (unpaired) electrons. The highest BCUT2D eigenvalue weighted by Crippen LogP contribution is 2.34. The molecule has 1 N–H and O–H groups in total. The van der Waals surface area contributed by atoms with Crippen molar-refractivity contribution >= 4 is 17.3 Å². The zero-order valence-electron chi connectivity index (χ0n) is 10.7. The Hall–Kier alpha value is -2.05. The van der Waals surface area contributed by atoms with Crippen molar-refractivity contribution < 1.29 is 4.39 Å². The van der Waals surface area contributed by atoms with Gasteiger partial charge in [0.15, 0.2) is 0 Å². The molecule has 20 heavy (non-hydrogen) atoms. The Morgan fingerprint density at radius 1 is 1.25 bits per heavy atom. The summed E-state index contributed by atoms with van der Waals surface area (Å²) < 4.78 is 13.2. The van der Waals surface area contributed by atoms with Gasteiger partial charge in [0, 0.05) is 5.69 Å². The Labute approximate surface area is 121 Å². The van der Waals surface area contributed by atoms with Crippen LogP contribution in [0.5, 0.6) is 0 Å². The van der Waals surface area contributed by atoms with Gasteiger partial charge in [0.05, 0.1) is 16.6 Å². The molecule has 0 spiro atoms. The van der Waals surface area contributed by atoms with Crippen molar-refractivity contribution in [2.45, 2.75) is 18.9 Å². The molecule has 100 valence electrons. The number of benzene rings is 2. The van der Waals surface area contributed by atoms with E-state index in [0.717, 1.165) is 29.7 Å². The first-order valence-corrected chi connectivity index (χ1v) is 6.79. The quantitative estimate of drug-likeness (QED) is 0.885. The largest absolute Gasteiger partial charge is 0.378 e. The average Bonchev–Trinajstić information content (AvgIpc) is 2.81.